The molecule has 1 N–H and O–H groups in total. The molecule has 1 aliphatic heterocycles. The lowest BCUT2D eigenvalue weighted by Crippen LogP contribution is -2.38. The van der Waals surface area contributed by atoms with Gasteiger partial charge >= 0.3 is 0 Å². The molecule has 0 bridgehead atoms. The quantitative estimate of drug-likeness (QED) is 0.821. The minimum Gasteiger partial charge on any atom is -0.497 e. The van der Waals surface area contributed by atoms with Crippen molar-refractivity contribution in [2.24, 2.45) is 0 Å². The molecule has 0 aliphatic carbocycles. The summed E-state index contributed by atoms with van der Waals surface area (Å²) in [6.45, 7) is 2.92. The molecule has 0 unspecified atom stereocenters. The van der Waals surface area contributed by atoms with Gasteiger partial charge in [0.25, 0.3) is 10.2 Å². The number of anilines is 2. The fourth-order valence-electron chi connectivity index (χ4n) is 3.25. The number of ether oxygens (including phenoxy) is 1. The maximum Gasteiger partial charge on any atom is 0.281 e. The highest BCUT2D eigenvalue weighted by molar-refractivity contribution is 7.86. The Bertz CT molecular complexity index is 915. The van der Waals surface area contributed by atoms with Crippen LogP contribution in [0, 0.1) is 6.92 Å². The lowest BCUT2D eigenvalue weighted by atomic mass is 10.0. The summed E-state index contributed by atoms with van der Waals surface area (Å²) < 4.78 is 32.8. The number of nitrogens with one attached hydrogen (secondary N) is 1. The first-order valence-electron chi connectivity index (χ1n) is 8.87. The molecular formula is C19H26N4O3S. The van der Waals surface area contributed by atoms with E-state index < -0.39 is 10.2 Å². The Hall–Kier alpha value is -2.16. The third-order valence-corrected chi connectivity index (χ3v) is 6.60. The highest BCUT2D eigenvalue weighted by atomic mass is 32.2. The summed E-state index contributed by atoms with van der Waals surface area (Å²) in [7, 11) is 1.37. The average molecular weight is 391 g/mol. The molecule has 1 aromatic carbocycles. The molecule has 8 heteroatoms. The maximum absolute atomic E-state index is 12.4. The largest absolute Gasteiger partial charge is 0.497 e. The third-order valence-electron chi connectivity index (χ3n) is 4.69. The molecule has 3 rings (SSSR count). The molecular weight excluding hydrogens is 364 g/mol. The smallest absolute Gasteiger partial charge is 0.281 e. The molecule has 0 saturated carbocycles. The number of aryl methyl sites for hydroxylation is 1. The van der Waals surface area contributed by atoms with E-state index in [-0.39, 0.29) is 5.92 Å². The topological polar surface area (TPSA) is 74.8 Å². The number of hydrogen-bond acceptors (Lipinski definition) is 5. The Morgan fingerprint density at radius 3 is 2.70 bits per heavy atom. The second-order valence-electron chi connectivity index (χ2n) is 6.91. The summed E-state index contributed by atoms with van der Waals surface area (Å²) in [5.74, 6) is 0.872. The number of benzene rings is 1. The van der Waals surface area contributed by atoms with Crippen LogP contribution < -0.4 is 10.1 Å². The molecule has 0 amide bonds. The molecule has 1 fully saturated rings. The summed E-state index contributed by atoms with van der Waals surface area (Å²) in [6, 6.07) is 11.7. The zero-order valence-corrected chi connectivity index (χ0v) is 17.0. The van der Waals surface area contributed by atoms with Crippen LogP contribution in [0.2, 0.25) is 0 Å². The number of hydrogen-bond donors (Lipinski definition) is 1. The molecule has 1 aromatic heterocycles. The molecule has 2 aromatic rings. The van der Waals surface area contributed by atoms with Gasteiger partial charge < -0.3 is 10.1 Å². The van der Waals surface area contributed by atoms with Crippen LogP contribution in [-0.4, -0.2) is 56.3 Å². The van der Waals surface area contributed by atoms with E-state index >= 15 is 0 Å². The zero-order chi connectivity index (χ0) is 19.6. The third kappa shape index (κ3) is 4.40. The summed E-state index contributed by atoms with van der Waals surface area (Å²) >= 11 is 0. The van der Waals surface area contributed by atoms with Gasteiger partial charge in [-0.05, 0) is 37.6 Å². The van der Waals surface area contributed by atoms with E-state index in [4.69, 9.17) is 4.74 Å². The Morgan fingerprint density at radius 2 is 2.00 bits per heavy atom. The first-order chi connectivity index (χ1) is 12.8. The van der Waals surface area contributed by atoms with Gasteiger partial charge in [-0.1, -0.05) is 6.07 Å². The van der Waals surface area contributed by atoms with Crippen molar-refractivity contribution in [2.45, 2.75) is 19.3 Å². The van der Waals surface area contributed by atoms with Gasteiger partial charge in [0.05, 0.1) is 7.11 Å². The van der Waals surface area contributed by atoms with Crippen molar-refractivity contribution in [1.29, 1.82) is 0 Å². The highest BCUT2D eigenvalue weighted by Crippen LogP contribution is 2.31. The lowest BCUT2D eigenvalue weighted by Gasteiger charge is -2.21. The summed E-state index contributed by atoms with van der Waals surface area (Å²) in [5.41, 5.74) is 3.66. The predicted molar refractivity (Wildman–Crippen MR) is 107 cm³/mol. The maximum atomic E-state index is 12.4. The van der Waals surface area contributed by atoms with Crippen molar-refractivity contribution in [3.8, 4) is 5.75 Å². The standard InChI is InChI=1S/C19H26N4O3S/c1-14-10-17(21-16-6-5-7-18(11-16)26-4)12-19(20-14)15-8-9-23(13-15)27(24,25)22(2)3/h5-7,10-12,15H,8-9,13H2,1-4H3,(H,20,21)/t15-/m1/s1. The van der Waals surface area contributed by atoms with Gasteiger partial charge in [-0.15, -0.1) is 0 Å². The molecule has 1 saturated heterocycles. The van der Waals surface area contributed by atoms with Crippen molar-refractivity contribution < 1.29 is 13.2 Å². The van der Waals surface area contributed by atoms with Crippen LogP contribution in [0.5, 0.6) is 5.75 Å². The molecule has 27 heavy (non-hydrogen) atoms. The van der Waals surface area contributed by atoms with Crippen LogP contribution in [0.3, 0.4) is 0 Å². The van der Waals surface area contributed by atoms with Crippen LogP contribution in [0.15, 0.2) is 36.4 Å². The predicted octanol–water partition coefficient (Wildman–Crippen LogP) is 2.74. The van der Waals surface area contributed by atoms with E-state index in [0.29, 0.717) is 13.1 Å². The van der Waals surface area contributed by atoms with Crippen molar-refractivity contribution in [3.05, 3.63) is 47.8 Å². The summed E-state index contributed by atoms with van der Waals surface area (Å²) in [4.78, 5) is 4.65. The number of rotatable bonds is 6. The second kappa shape index (κ2) is 7.84. The Kier molecular flexibility index (Phi) is 5.69. The minimum atomic E-state index is -3.38. The normalized spacial score (nSPS) is 18.0. The van der Waals surface area contributed by atoms with Gasteiger partial charge in [-0.25, -0.2) is 0 Å². The molecule has 0 radical (unpaired) electrons. The van der Waals surface area contributed by atoms with Crippen molar-refractivity contribution in [3.63, 3.8) is 0 Å². The fourth-order valence-corrected chi connectivity index (χ4v) is 4.42. The van der Waals surface area contributed by atoms with E-state index in [0.717, 1.165) is 34.9 Å². The van der Waals surface area contributed by atoms with Gasteiger partial charge in [-0.3, -0.25) is 4.98 Å². The number of nitrogens with zero attached hydrogens (tertiary/aromatic N) is 3. The first kappa shape index (κ1) is 19.6. The summed E-state index contributed by atoms with van der Waals surface area (Å²) in [5, 5.41) is 3.38. The Morgan fingerprint density at radius 1 is 1.22 bits per heavy atom. The number of methoxy groups -OCH3 is 1. The molecule has 0 spiro atoms. The van der Waals surface area contributed by atoms with Crippen LogP contribution >= 0.6 is 0 Å². The van der Waals surface area contributed by atoms with E-state index in [1.165, 1.54) is 8.61 Å². The molecule has 7 nitrogen and oxygen atoms in total. The SMILES string of the molecule is COc1cccc(Nc2cc(C)nc([C@@H]3CCN(S(=O)(=O)N(C)C)C3)c2)c1. The van der Waals surface area contributed by atoms with Gasteiger partial charge in [0.15, 0.2) is 0 Å². The van der Waals surface area contributed by atoms with Gasteiger partial charge in [0, 0.05) is 61.9 Å². The van der Waals surface area contributed by atoms with E-state index in [2.05, 4.69) is 10.3 Å². The van der Waals surface area contributed by atoms with Crippen LogP contribution in [0.1, 0.15) is 23.7 Å². The minimum absolute atomic E-state index is 0.0884. The zero-order valence-electron chi connectivity index (χ0n) is 16.1. The highest BCUT2D eigenvalue weighted by Gasteiger charge is 2.34. The van der Waals surface area contributed by atoms with Gasteiger partial charge in [-0.2, -0.15) is 17.0 Å². The first-order valence-corrected chi connectivity index (χ1v) is 10.3. The fraction of sp³-hybridized carbons (Fsp3) is 0.421. The molecule has 1 aliphatic rings. The monoisotopic (exact) mass is 390 g/mol. The van der Waals surface area contributed by atoms with Gasteiger partial charge in [0.2, 0.25) is 0 Å². The lowest BCUT2D eigenvalue weighted by molar-refractivity contribution is 0.415. The molecule has 2 heterocycles. The van der Waals surface area contributed by atoms with E-state index in [1.807, 2.05) is 43.3 Å². The number of aromatic nitrogens is 1. The summed E-state index contributed by atoms with van der Waals surface area (Å²) in [6.07, 6.45) is 0.766. The van der Waals surface area contributed by atoms with Gasteiger partial charge in [0.1, 0.15) is 5.75 Å². The van der Waals surface area contributed by atoms with E-state index in [9.17, 15) is 8.42 Å². The van der Waals surface area contributed by atoms with Crippen molar-refractivity contribution in [2.75, 3.05) is 39.6 Å². The second-order valence-corrected chi connectivity index (χ2v) is 9.06. The van der Waals surface area contributed by atoms with E-state index in [1.54, 1.807) is 21.2 Å². The Balaban J connectivity index is 1.80. The van der Waals surface area contributed by atoms with Crippen LogP contribution in [0.4, 0.5) is 11.4 Å². The number of pyridine rings is 1. The van der Waals surface area contributed by atoms with Crippen LogP contribution in [-0.2, 0) is 10.2 Å². The molecule has 146 valence electrons. The van der Waals surface area contributed by atoms with Crippen LogP contribution in [0.25, 0.3) is 0 Å². The van der Waals surface area contributed by atoms with Crippen molar-refractivity contribution >= 4 is 21.6 Å². The molecule has 1 atom stereocenters. The Labute approximate surface area is 161 Å². The van der Waals surface area contributed by atoms with Crippen molar-refractivity contribution in [1.82, 2.24) is 13.6 Å². The average Bonchev–Trinajstić information content (AvgIpc) is 3.12.